The second-order valence-corrected chi connectivity index (χ2v) is 3.92. The first-order valence-electron chi connectivity index (χ1n) is 5.69. The topological polar surface area (TPSA) is 78.3 Å². The zero-order chi connectivity index (χ0) is 13.0. The van der Waals surface area contributed by atoms with Crippen molar-refractivity contribution in [3.05, 3.63) is 23.9 Å². The molecular formula is C12H14N4O2. The maximum atomic E-state index is 12.2. The Balaban J connectivity index is 2.13. The van der Waals surface area contributed by atoms with Gasteiger partial charge in [0.1, 0.15) is 5.82 Å². The van der Waals surface area contributed by atoms with Crippen LogP contribution in [0.25, 0.3) is 0 Å². The number of amides is 1. The Bertz CT molecular complexity index is 483. The van der Waals surface area contributed by atoms with Gasteiger partial charge in [-0.05, 0) is 12.1 Å². The Morgan fingerprint density at radius 2 is 2.56 bits per heavy atom. The number of rotatable bonds is 2. The highest BCUT2D eigenvalue weighted by atomic mass is 16.5. The normalized spacial score (nSPS) is 19.1. The molecule has 2 heterocycles. The number of hydrogen-bond acceptors (Lipinski definition) is 5. The molecule has 1 unspecified atom stereocenters. The maximum absolute atomic E-state index is 12.2. The van der Waals surface area contributed by atoms with E-state index in [9.17, 15) is 4.79 Å². The van der Waals surface area contributed by atoms with Gasteiger partial charge < -0.3 is 15.0 Å². The van der Waals surface area contributed by atoms with E-state index < -0.39 is 6.10 Å². The number of anilines is 1. The molecule has 6 nitrogen and oxygen atoms in total. The predicted octanol–water partition coefficient (Wildman–Crippen LogP) is 0.488. The summed E-state index contributed by atoms with van der Waals surface area (Å²) in [5.41, 5.74) is 0.563. The van der Waals surface area contributed by atoms with Gasteiger partial charge in [-0.3, -0.25) is 4.79 Å². The first-order chi connectivity index (χ1) is 8.74. The van der Waals surface area contributed by atoms with Gasteiger partial charge in [0.05, 0.1) is 19.2 Å². The van der Waals surface area contributed by atoms with Crippen LogP contribution in [0.5, 0.6) is 0 Å². The van der Waals surface area contributed by atoms with Crippen molar-refractivity contribution in [1.82, 2.24) is 9.88 Å². The highest BCUT2D eigenvalue weighted by molar-refractivity contribution is 5.94. The van der Waals surface area contributed by atoms with Crippen molar-refractivity contribution < 1.29 is 9.53 Å². The third-order valence-corrected chi connectivity index (χ3v) is 2.76. The molecule has 1 atom stereocenters. The molecule has 1 N–H and O–H groups in total. The van der Waals surface area contributed by atoms with E-state index in [1.165, 1.54) is 0 Å². The first kappa shape index (κ1) is 12.3. The van der Waals surface area contributed by atoms with Gasteiger partial charge in [-0.2, -0.15) is 5.26 Å². The van der Waals surface area contributed by atoms with E-state index >= 15 is 0 Å². The second kappa shape index (κ2) is 5.47. The molecule has 6 heteroatoms. The number of carbonyl (C=O) groups is 1. The van der Waals surface area contributed by atoms with Crippen LogP contribution in [0.2, 0.25) is 0 Å². The molecule has 18 heavy (non-hydrogen) atoms. The van der Waals surface area contributed by atoms with E-state index in [1.54, 1.807) is 30.3 Å². The van der Waals surface area contributed by atoms with Gasteiger partial charge in [0.15, 0.2) is 6.10 Å². The summed E-state index contributed by atoms with van der Waals surface area (Å²) >= 11 is 0. The van der Waals surface area contributed by atoms with E-state index in [1.807, 2.05) is 6.07 Å². The summed E-state index contributed by atoms with van der Waals surface area (Å²) in [6.07, 6.45) is 1.05. The number of ether oxygens (including phenoxy) is 1. The van der Waals surface area contributed by atoms with E-state index in [0.717, 1.165) is 0 Å². The van der Waals surface area contributed by atoms with E-state index in [4.69, 9.17) is 10.00 Å². The first-order valence-corrected chi connectivity index (χ1v) is 5.69. The third kappa shape index (κ3) is 2.57. The lowest BCUT2D eigenvalue weighted by atomic mass is 10.2. The van der Waals surface area contributed by atoms with Crippen LogP contribution in [0.3, 0.4) is 0 Å². The molecule has 0 saturated carbocycles. The summed E-state index contributed by atoms with van der Waals surface area (Å²) in [6, 6.07) is 5.38. The van der Waals surface area contributed by atoms with Crippen LogP contribution in [0.1, 0.15) is 10.4 Å². The third-order valence-electron chi connectivity index (χ3n) is 2.76. The van der Waals surface area contributed by atoms with Crippen LogP contribution >= 0.6 is 0 Å². The zero-order valence-corrected chi connectivity index (χ0v) is 10.1. The summed E-state index contributed by atoms with van der Waals surface area (Å²) < 4.78 is 5.21. The van der Waals surface area contributed by atoms with Gasteiger partial charge in [-0.25, -0.2) is 4.98 Å². The molecule has 1 saturated heterocycles. The molecule has 1 aromatic rings. The van der Waals surface area contributed by atoms with Crippen LogP contribution in [0.15, 0.2) is 18.3 Å². The Morgan fingerprint density at radius 1 is 1.72 bits per heavy atom. The minimum absolute atomic E-state index is 0.0996. The van der Waals surface area contributed by atoms with Crippen molar-refractivity contribution in [1.29, 1.82) is 5.26 Å². The quantitative estimate of drug-likeness (QED) is 0.821. The van der Waals surface area contributed by atoms with Crippen molar-refractivity contribution in [2.24, 2.45) is 0 Å². The molecule has 0 aliphatic carbocycles. The van der Waals surface area contributed by atoms with Crippen molar-refractivity contribution in [2.75, 3.05) is 32.1 Å². The number of nitrogens with zero attached hydrogens (tertiary/aromatic N) is 3. The Kier molecular flexibility index (Phi) is 3.75. The minimum atomic E-state index is -0.534. The van der Waals surface area contributed by atoms with Crippen molar-refractivity contribution in [3.8, 4) is 6.07 Å². The Morgan fingerprint density at radius 3 is 3.28 bits per heavy atom. The molecule has 0 radical (unpaired) electrons. The Labute approximate surface area is 105 Å². The van der Waals surface area contributed by atoms with E-state index in [-0.39, 0.29) is 5.91 Å². The number of nitrogens with one attached hydrogen (secondary N) is 1. The average molecular weight is 246 g/mol. The second-order valence-electron chi connectivity index (χ2n) is 3.92. The zero-order valence-electron chi connectivity index (χ0n) is 10.1. The maximum Gasteiger partial charge on any atom is 0.254 e. The number of pyridine rings is 1. The van der Waals surface area contributed by atoms with E-state index in [2.05, 4.69) is 10.3 Å². The van der Waals surface area contributed by atoms with Crippen molar-refractivity contribution in [2.45, 2.75) is 6.10 Å². The summed E-state index contributed by atoms with van der Waals surface area (Å²) in [5, 5.41) is 11.7. The van der Waals surface area contributed by atoms with E-state index in [0.29, 0.717) is 31.1 Å². The largest absolute Gasteiger partial charge is 0.373 e. The van der Waals surface area contributed by atoms with Crippen molar-refractivity contribution >= 4 is 11.7 Å². The van der Waals surface area contributed by atoms with Gasteiger partial charge in [0.25, 0.3) is 5.91 Å². The van der Waals surface area contributed by atoms with Crippen LogP contribution in [0.4, 0.5) is 5.82 Å². The van der Waals surface area contributed by atoms with Crippen LogP contribution in [0, 0.1) is 11.3 Å². The number of aromatic nitrogens is 1. The predicted molar refractivity (Wildman–Crippen MR) is 65.0 cm³/mol. The molecule has 2 rings (SSSR count). The van der Waals surface area contributed by atoms with Gasteiger partial charge >= 0.3 is 0 Å². The molecule has 94 valence electrons. The molecule has 1 aliphatic heterocycles. The average Bonchev–Trinajstić information content (AvgIpc) is 2.46. The summed E-state index contributed by atoms with van der Waals surface area (Å²) in [6.45, 7) is 1.22. The lowest BCUT2D eigenvalue weighted by Gasteiger charge is -2.29. The molecular weight excluding hydrogens is 232 g/mol. The number of nitriles is 1. The van der Waals surface area contributed by atoms with Gasteiger partial charge in [-0.1, -0.05) is 0 Å². The standard InChI is InChI=1S/C12H14N4O2/c1-14-11-6-9(2-3-15-11)12(17)16-4-5-18-10(7-13)8-16/h2-3,6,10H,4-5,8H2,1H3,(H,14,15). The van der Waals surface area contributed by atoms with Crippen molar-refractivity contribution in [3.63, 3.8) is 0 Å². The molecule has 1 aliphatic rings. The number of hydrogen-bond donors (Lipinski definition) is 1. The lowest BCUT2D eigenvalue weighted by molar-refractivity contribution is 0.00346. The fourth-order valence-corrected chi connectivity index (χ4v) is 1.79. The van der Waals surface area contributed by atoms with Crippen LogP contribution in [-0.2, 0) is 4.74 Å². The monoisotopic (exact) mass is 246 g/mol. The summed E-state index contributed by atoms with van der Waals surface area (Å²) in [4.78, 5) is 17.9. The SMILES string of the molecule is CNc1cc(C(=O)N2CCOC(C#N)C2)ccn1. The molecule has 0 spiro atoms. The molecule has 0 aromatic carbocycles. The fraction of sp³-hybridized carbons (Fsp3) is 0.417. The highest BCUT2D eigenvalue weighted by Crippen LogP contribution is 2.12. The van der Waals surface area contributed by atoms with Gasteiger partial charge in [0.2, 0.25) is 0 Å². The van der Waals surface area contributed by atoms with Gasteiger partial charge in [-0.15, -0.1) is 0 Å². The van der Waals surface area contributed by atoms with Crippen LogP contribution in [-0.4, -0.2) is 48.6 Å². The Hall–Kier alpha value is -2.13. The summed E-state index contributed by atoms with van der Waals surface area (Å²) in [5.74, 6) is 0.545. The fourth-order valence-electron chi connectivity index (χ4n) is 1.79. The lowest BCUT2D eigenvalue weighted by Crippen LogP contribution is -2.45. The van der Waals surface area contributed by atoms with Crippen LogP contribution < -0.4 is 5.32 Å². The minimum Gasteiger partial charge on any atom is -0.373 e. The summed E-state index contributed by atoms with van der Waals surface area (Å²) in [7, 11) is 1.75. The number of carbonyl (C=O) groups excluding carboxylic acids is 1. The molecule has 1 amide bonds. The molecule has 1 fully saturated rings. The smallest absolute Gasteiger partial charge is 0.254 e. The molecule has 0 bridgehead atoms. The molecule has 1 aromatic heterocycles. The number of morpholine rings is 1. The highest BCUT2D eigenvalue weighted by Gasteiger charge is 2.24. The van der Waals surface area contributed by atoms with Gasteiger partial charge in [0, 0.05) is 25.4 Å².